The number of furan rings is 1. The first kappa shape index (κ1) is 12.2. The Kier molecular flexibility index (Phi) is 4.23. The van der Waals surface area contributed by atoms with Gasteiger partial charge in [0.05, 0.1) is 0 Å². The van der Waals surface area contributed by atoms with Crippen molar-refractivity contribution < 1.29 is 9.21 Å². The van der Waals surface area contributed by atoms with E-state index in [2.05, 4.69) is 22.4 Å². The molecule has 0 unspecified atom stereocenters. The van der Waals surface area contributed by atoms with Crippen molar-refractivity contribution in [3.63, 3.8) is 0 Å². The third-order valence-electron chi connectivity index (χ3n) is 2.65. The SMILES string of the molecule is O=C(NCCN1CC=CCC1)c1ccc(Cl)o1. The minimum absolute atomic E-state index is 0.218. The van der Waals surface area contributed by atoms with Crippen LogP contribution in [0.15, 0.2) is 28.7 Å². The summed E-state index contributed by atoms with van der Waals surface area (Å²) >= 11 is 5.60. The fraction of sp³-hybridized carbons (Fsp3) is 0.417. The van der Waals surface area contributed by atoms with Gasteiger partial charge in [0.2, 0.25) is 0 Å². The Morgan fingerprint density at radius 3 is 3.00 bits per heavy atom. The van der Waals surface area contributed by atoms with Gasteiger partial charge in [0, 0.05) is 26.2 Å². The zero-order chi connectivity index (χ0) is 12.1. The summed E-state index contributed by atoms with van der Waals surface area (Å²) in [6, 6.07) is 3.13. The Morgan fingerprint density at radius 1 is 1.47 bits per heavy atom. The van der Waals surface area contributed by atoms with Crippen molar-refractivity contribution in [1.82, 2.24) is 10.2 Å². The highest BCUT2D eigenvalue weighted by atomic mass is 35.5. The Morgan fingerprint density at radius 2 is 2.35 bits per heavy atom. The molecular weight excluding hydrogens is 240 g/mol. The van der Waals surface area contributed by atoms with Crippen molar-refractivity contribution >= 4 is 17.5 Å². The van der Waals surface area contributed by atoms with E-state index < -0.39 is 0 Å². The number of halogens is 1. The van der Waals surface area contributed by atoms with Crippen LogP contribution in [0.1, 0.15) is 17.0 Å². The van der Waals surface area contributed by atoms with Gasteiger partial charge < -0.3 is 9.73 Å². The molecule has 0 atom stereocenters. The third kappa shape index (κ3) is 3.61. The van der Waals surface area contributed by atoms with Crippen LogP contribution >= 0.6 is 11.6 Å². The summed E-state index contributed by atoms with van der Waals surface area (Å²) in [4.78, 5) is 13.9. The molecule has 4 nitrogen and oxygen atoms in total. The molecule has 0 saturated heterocycles. The summed E-state index contributed by atoms with van der Waals surface area (Å²) in [5.74, 6) is 0.0398. The van der Waals surface area contributed by atoms with Gasteiger partial charge in [-0.1, -0.05) is 12.2 Å². The maximum Gasteiger partial charge on any atom is 0.287 e. The zero-order valence-electron chi connectivity index (χ0n) is 9.49. The molecule has 0 aromatic carbocycles. The maximum atomic E-state index is 11.6. The first-order valence-electron chi connectivity index (χ1n) is 5.66. The number of carbonyl (C=O) groups is 1. The Balaban J connectivity index is 1.71. The van der Waals surface area contributed by atoms with Gasteiger partial charge in [-0.3, -0.25) is 9.69 Å². The summed E-state index contributed by atoms with van der Waals surface area (Å²) in [5.41, 5.74) is 0. The van der Waals surface area contributed by atoms with Crippen LogP contribution < -0.4 is 5.32 Å². The summed E-state index contributed by atoms with van der Waals surface area (Å²) in [6.07, 6.45) is 5.42. The van der Waals surface area contributed by atoms with E-state index in [0.29, 0.717) is 6.54 Å². The van der Waals surface area contributed by atoms with Crippen LogP contribution in [0.3, 0.4) is 0 Å². The first-order valence-corrected chi connectivity index (χ1v) is 6.04. The molecule has 1 aromatic rings. The smallest absolute Gasteiger partial charge is 0.287 e. The zero-order valence-corrected chi connectivity index (χ0v) is 10.2. The minimum Gasteiger partial charge on any atom is -0.440 e. The minimum atomic E-state index is -0.218. The van der Waals surface area contributed by atoms with Crippen LogP contribution in [0.4, 0.5) is 0 Å². The molecule has 2 rings (SSSR count). The fourth-order valence-corrected chi connectivity index (χ4v) is 1.89. The highest BCUT2D eigenvalue weighted by molar-refractivity contribution is 6.29. The molecule has 0 fully saturated rings. The third-order valence-corrected chi connectivity index (χ3v) is 2.86. The van der Waals surface area contributed by atoms with E-state index in [9.17, 15) is 4.79 Å². The van der Waals surface area contributed by atoms with E-state index in [0.717, 1.165) is 26.1 Å². The van der Waals surface area contributed by atoms with Crippen LogP contribution in [0.5, 0.6) is 0 Å². The fourth-order valence-electron chi connectivity index (χ4n) is 1.74. The number of nitrogens with one attached hydrogen (secondary N) is 1. The van der Waals surface area contributed by atoms with Crippen molar-refractivity contribution in [1.29, 1.82) is 0 Å². The summed E-state index contributed by atoms with van der Waals surface area (Å²) in [5, 5.41) is 3.04. The van der Waals surface area contributed by atoms with Crippen LogP contribution in [0, 0.1) is 0 Å². The Labute approximate surface area is 105 Å². The predicted molar refractivity (Wildman–Crippen MR) is 66.2 cm³/mol. The standard InChI is InChI=1S/C12H15ClN2O2/c13-11-5-4-10(17-11)12(16)14-6-9-15-7-2-1-3-8-15/h1-2,4-5H,3,6-9H2,(H,14,16). The van der Waals surface area contributed by atoms with Crippen LogP contribution in [0.25, 0.3) is 0 Å². The summed E-state index contributed by atoms with van der Waals surface area (Å²) in [7, 11) is 0. The molecule has 1 N–H and O–H groups in total. The van der Waals surface area contributed by atoms with Crippen molar-refractivity contribution in [3.05, 3.63) is 35.3 Å². The molecule has 1 aromatic heterocycles. The number of hydrogen-bond acceptors (Lipinski definition) is 3. The number of carbonyl (C=O) groups excluding carboxylic acids is 1. The second-order valence-electron chi connectivity index (χ2n) is 3.92. The second-order valence-corrected chi connectivity index (χ2v) is 4.29. The number of hydrogen-bond donors (Lipinski definition) is 1. The largest absolute Gasteiger partial charge is 0.440 e. The lowest BCUT2D eigenvalue weighted by Crippen LogP contribution is -2.36. The molecule has 0 saturated carbocycles. The van der Waals surface area contributed by atoms with Crippen molar-refractivity contribution in [2.75, 3.05) is 26.2 Å². The van der Waals surface area contributed by atoms with E-state index in [-0.39, 0.29) is 16.9 Å². The molecule has 1 aliphatic rings. The Hall–Kier alpha value is -1.26. The molecule has 92 valence electrons. The van der Waals surface area contributed by atoms with Crippen molar-refractivity contribution in [2.24, 2.45) is 0 Å². The van der Waals surface area contributed by atoms with E-state index in [4.69, 9.17) is 16.0 Å². The molecule has 0 radical (unpaired) electrons. The van der Waals surface area contributed by atoms with Gasteiger partial charge in [0.15, 0.2) is 11.0 Å². The summed E-state index contributed by atoms with van der Waals surface area (Å²) in [6.45, 7) is 3.48. The molecule has 1 amide bonds. The molecule has 0 bridgehead atoms. The summed E-state index contributed by atoms with van der Waals surface area (Å²) < 4.78 is 5.02. The lowest BCUT2D eigenvalue weighted by molar-refractivity contribution is 0.0921. The van der Waals surface area contributed by atoms with E-state index in [1.165, 1.54) is 0 Å². The molecule has 0 aliphatic carbocycles. The lowest BCUT2D eigenvalue weighted by atomic mass is 10.2. The quantitative estimate of drug-likeness (QED) is 0.835. The van der Waals surface area contributed by atoms with Gasteiger partial charge in [-0.15, -0.1) is 0 Å². The second kappa shape index (κ2) is 5.89. The first-order chi connectivity index (χ1) is 8.25. The van der Waals surface area contributed by atoms with Gasteiger partial charge in [-0.25, -0.2) is 0 Å². The highest BCUT2D eigenvalue weighted by Gasteiger charge is 2.11. The van der Waals surface area contributed by atoms with Gasteiger partial charge in [0.25, 0.3) is 5.91 Å². The van der Waals surface area contributed by atoms with E-state index in [1.807, 2.05) is 0 Å². The molecule has 5 heteroatoms. The van der Waals surface area contributed by atoms with Crippen LogP contribution in [-0.2, 0) is 0 Å². The molecule has 1 aliphatic heterocycles. The molecule has 0 spiro atoms. The van der Waals surface area contributed by atoms with E-state index >= 15 is 0 Å². The van der Waals surface area contributed by atoms with Crippen LogP contribution in [0.2, 0.25) is 5.22 Å². The number of rotatable bonds is 4. The molecule has 17 heavy (non-hydrogen) atoms. The topological polar surface area (TPSA) is 45.5 Å². The van der Waals surface area contributed by atoms with Crippen molar-refractivity contribution in [3.8, 4) is 0 Å². The van der Waals surface area contributed by atoms with Crippen molar-refractivity contribution in [2.45, 2.75) is 6.42 Å². The van der Waals surface area contributed by atoms with Crippen LogP contribution in [-0.4, -0.2) is 37.0 Å². The van der Waals surface area contributed by atoms with Gasteiger partial charge in [0.1, 0.15) is 0 Å². The number of nitrogens with zero attached hydrogens (tertiary/aromatic N) is 1. The molecular formula is C12H15ClN2O2. The number of amides is 1. The van der Waals surface area contributed by atoms with Gasteiger partial charge in [-0.2, -0.15) is 0 Å². The monoisotopic (exact) mass is 254 g/mol. The normalized spacial score (nSPS) is 16.1. The average molecular weight is 255 g/mol. The predicted octanol–water partition coefficient (Wildman–Crippen LogP) is 1.92. The maximum absolute atomic E-state index is 11.6. The highest BCUT2D eigenvalue weighted by Crippen LogP contribution is 2.12. The van der Waals surface area contributed by atoms with Gasteiger partial charge >= 0.3 is 0 Å². The van der Waals surface area contributed by atoms with Gasteiger partial charge in [-0.05, 0) is 30.2 Å². The molecule has 2 heterocycles. The average Bonchev–Trinajstić information content (AvgIpc) is 2.77. The lowest BCUT2D eigenvalue weighted by Gasteiger charge is -2.22. The van der Waals surface area contributed by atoms with E-state index in [1.54, 1.807) is 12.1 Å². The Bertz CT molecular complexity index is 414.